The van der Waals surface area contributed by atoms with E-state index in [1.54, 1.807) is 40.7 Å². The summed E-state index contributed by atoms with van der Waals surface area (Å²) in [5, 5.41) is 0. The van der Waals surface area contributed by atoms with Gasteiger partial charge < -0.3 is 9.80 Å². The van der Waals surface area contributed by atoms with Crippen molar-refractivity contribution in [2.24, 2.45) is 0 Å². The highest BCUT2D eigenvalue weighted by Crippen LogP contribution is 2.47. The van der Waals surface area contributed by atoms with Gasteiger partial charge in [0.25, 0.3) is 0 Å². The molecule has 4 nitrogen and oxygen atoms in total. The monoisotopic (exact) mass is 322 g/mol. The predicted molar refractivity (Wildman–Crippen MR) is 83.6 cm³/mol. The Bertz CT molecular complexity index is 624. The average Bonchev–Trinajstić information content (AvgIpc) is 2.95. The summed E-state index contributed by atoms with van der Waals surface area (Å²) in [6.45, 7) is 2.37. The van der Waals surface area contributed by atoms with E-state index in [1.807, 2.05) is 6.92 Å². The van der Waals surface area contributed by atoms with E-state index in [1.165, 1.54) is 12.1 Å². The fourth-order valence-electron chi connectivity index (χ4n) is 3.24. The Morgan fingerprint density at radius 2 is 2.32 bits per heavy atom. The SMILES string of the molecule is CN(Cc1cccc(F)c1)C(=O)C1CSC2(C)CCC(=O)N12. The first-order valence-corrected chi connectivity index (χ1v) is 8.35. The molecule has 2 atom stereocenters. The van der Waals surface area contributed by atoms with Crippen molar-refractivity contribution in [3.63, 3.8) is 0 Å². The number of carbonyl (C=O) groups is 2. The number of hydrogen-bond acceptors (Lipinski definition) is 3. The first-order valence-electron chi connectivity index (χ1n) is 7.36. The van der Waals surface area contributed by atoms with Crippen molar-refractivity contribution in [1.82, 2.24) is 9.80 Å². The van der Waals surface area contributed by atoms with Crippen LogP contribution < -0.4 is 0 Å². The number of benzene rings is 1. The Morgan fingerprint density at radius 3 is 3.05 bits per heavy atom. The number of fused-ring (bicyclic) bond motifs is 1. The van der Waals surface area contributed by atoms with Gasteiger partial charge >= 0.3 is 0 Å². The fraction of sp³-hybridized carbons (Fsp3) is 0.500. The molecule has 2 fully saturated rings. The van der Waals surface area contributed by atoms with Gasteiger partial charge in [-0.25, -0.2) is 4.39 Å². The lowest BCUT2D eigenvalue weighted by Gasteiger charge is -2.32. The second kappa shape index (κ2) is 5.57. The Hall–Kier alpha value is -1.56. The van der Waals surface area contributed by atoms with Crippen molar-refractivity contribution in [3.05, 3.63) is 35.6 Å². The number of amides is 2. The molecule has 0 radical (unpaired) electrons. The third kappa shape index (κ3) is 2.60. The van der Waals surface area contributed by atoms with E-state index in [0.717, 1.165) is 12.0 Å². The summed E-state index contributed by atoms with van der Waals surface area (Å²) in [5.74, 6) is 0.312. The number of hydrogen-bond donors (Lipinski definition) is 0. The minimum absolute atomic E-state index is 0.0602. The summed E-state index contributed by atoms with van der Waals surface area (Å²) in [4.78, 5) is 27.9. The van der Waals surface area contributed by atoms with E-state index in [4.69, 9.17) is 0 Å². The molecule has 2 heterocycles. The molecule has 3 rings (SSSR count). The minimum atomic E-state index is -0.399. The second-order valence-electron chi connectivity index (χ2n) is 6.09. The van der Waals surface area contributed by atoms with Gasteiger partial charge in [-0.2, -0.15) is 0 Å². The van der Waals surface area contributed by atoms with E-state index in [-0.39, 0.29) is 22.5 Å². The Balaban J connectivity index is 1.72. The van der Waals surface area contributed by atoms with Crippen molar-refractivity contribution >= 4 is 23.6 Å². The van der Waals surface area contributed by atoms with E-state index in [9.17, 15) is 14.0 Å². The highest BCUT2D eigenvalue weighted by Gasteiger charge is 2.53. The van der Waals surface area contributed by atoms with Crippen LogP contribution in [0.2, 0.25) is 0 Å². The normalized spacial score (nSPS) is 27.1. The molecule has 2 aliphatic rings. The summed E-state index contributed by atoms with van der Waals surface area (Å²) in [6.07, 6.45) is 1.31. The fourth-order valence-corrected chi connectivity index (χ4v) is 4.67. The van der Waals surface area contributed by atoms with Gasteiger partial charge in [-0.1, -0.05) is 12.1 Å². The number of thioether (sulfide) groups is 1. The van der Waals surface area contributed by atoms with Crippen LogP contribution in [-0.2, 0) is 16.1 Å². The molecule has 0 saturated carbocycles. The first-order chi connectivity index (χ1) is 10.4. The van der Waals surface area contributed by atoms with E-state index >= 15 is 0 Å². The summed E-state index contributed by atoms with van der Waals surface area (Å²) in [6, 6.07) is 5.84. The van der Waals surface area contributed by atoms with Gasteiger partial charge in [0.15, 0.2) is 0 Å². The maximum Gasteiger partial charge on any atom is 0.246 e. The molecule has 0 N–H and O–H groups in total. The van der Waals surface area contributed by atoms with Crippen molar-refractivity contribution in [1.29, 1.82) is 0 Å². The zero-order valence-electron chi connectivity index (χ0n) is 12.7. The number of nitrogens with zero attached hydrogens (tertiary/aromatic N) is 2. The van der Waals surface area contributed by atoms with Gasteiger partial charge in [0.1, 0.15) is 11.9 Å². The molecule has 1 aromatic rings. The molecule has 0 bridgehead atoms. The Morgan fingerprint density at radius 1 is 1.55 bits per heavy atom. The molecule has 2 saturated heterocycles. The number of carbonyl (C=O) groups excluding carboxylic acids is 2. The summed E-state index contributed by atoms with van der Waals surface area (Å²) in [5.41, 5.74) is 0.747. The van der Waals surface area contributed by atoms with E-state index in [2.05, 4.69) is 0 Å². The number of likely N-dealkylation sites (N-methyl/N-ethyl adjacent to an activating group) is 1. The van der Waals surface area contributed by atoms with Crippen molar-refractivity contribution < 1.29 is 14.0 Å². The molecule has 0 aliphatic carbocycles. The quantitative estimate of drug-likeness (QED) is 0.857. The van der Waals surface area contributed by atoms with Gasteiger partial charge in [-0.05, 0) is 31.0 Å². The largest absolute Gasteiger partial charge is 0.340 e. The Labute approximate surface area is 133 Å². The Kier molecular flexibility index (Phi) is 3.89. The zero-order valence-corrected chi connectivity index (χ0v) is 13.5. The lowest BCUT2D eigenvalue weighted by molar-refractivity contribution is -0.143. The molecule has 6 heteroatoms. The molecule has 2 aliphatic heterocycles. The van der Waals surface area contributed by atoms with Crippen molar-refractivity contribution in [2.75, 3.05) is 12.8 Å². The van der Waals surface area contributed by atoms with Crippen LogP contribution in [0.25, 0.3) is 0 Å². The predicted octanol–water partition coefficient (Wildman–Crippen LogP) is 2.24. The van der Waals surface area contributed by atoms with Crippen molar-refractivity contribution in [2.45, 2.75) is 37.2 Å². The number of rotatable bonds is 3. The highest BCUT2D eigenvalue weighted by molar-refractivity contribution is 8.01. The molecule has 2 amide bonds. The summed E-state index contributed by atoms with van der Waals surface area (Å²) in [7, 11) is 1.70. The van der Waals surface area contributed by atoms with Crippen LogP contribution in [-0.4, -0.2) is 45.3 Å². The van der Waals surface area contributed by atoms with Crippen LogP contribution in [0.4, 0.5) is 4.39 Å². The van der Waals surface area contributed by atoms with Gasteiger partial charge in [-0.3, -0.25) is 9.59 Å². The molecule has 118 valence electrons. The summed E-state index contributed by atoms with van der Waals surface area (Å²) < 4.78 is 13.2. The highest BCUT2D eigenvalue weighted by atomic mass is 32.2. The minimum Gasteiger partial charge on any atom is -0.340 e. The molecule has 1 aromatic carbocycles. The molecule has 22 heavy (non-hydrogen) atoms. The average molecular weight is 322 g/mol. The lowest BCUT2D eigenvalue weighted by Crippen LogP contribution is -2.50. The van der Waals surface area contributed by atoms with Crippen LogP contribution in [0.1, 0.15) is 25.3 Å². The van der Waals surface area contributed by atoms with Gasteiger partial charge in [0.2, 0.25) is 11.8 Å². The summed E-state index contributed by atoms with van der Waals surface area (Å²) >= 11 is 1.68. The number of halogens is 1. The molecule has 2 unspecified atom stereocenters. The standard InChI is InChI=1S/C16H19FN2O2S/c1-16-7-6-14(20)19(16)13(10-22-16)15(21)18(2)9-11-4-3-5-12(17)8-11/h3-5,8,13H,6-7,9-10H2,1-2H3. The zero-order chi connectivity index (χ0) is 15.9. The molecular weight excluding hydrogens is 303 g/mol. The smallest absolute Gasteiger partial charge is 0.246 e. The van der Waals surface area contributed by atoms with Crippen molar-refractivity contribution in [3.8, 4) is 0 Å². The second-order valence-corrected chi connectivity index (χ2v) is 7.59. The van der Waals surface area contributed by atoms with Crippen LogP contribution >= 0.6 is 11.8 Å². The third-order valence-corrected chi connectivity index (χ3v) is 5.92. The van der Waals surface area contributed by atoms with Crippen LogP contribution in [0.5, 0.6) is 0 Å². The molecule has 0 spiro atoms. The lowest BCUT2D eigenvalue weighted by atomic mass is 10.1. The third-order valence-electron chi connectivity index (χ3n) is 4.41. The van der Waals surface area contributed by atoms with Crippen LogP contribution in [0, 0.1) is 5.82 Å². The van der Waals surface area contributed by atoms with E-state index in [0.29, 0.717) is 18.7 Å². The maximum absolute atomic E-state index is 13.2. The maximum atomic E-state index is 13.2. The molecular formula is C16H19FN2O2S. The van der Waals surface area contributed by atoms with E-state index < -0.39 is 6.04 Å². The van der Waals surface area contributed by atoms with Crippen LogP contribution in [0.15, 0.2) is 24.3 Å². The van der Waals surface area contributed by atoms with Gasteiger partial charge in [0, 0.05) is 25.8 Å². The van der Waals surface area contributed by atoms with Gasteiger partial charge in [-0.15, -0.1) is 11.8 Å². The van der Waals surface area contributed by atoms with Gasteiger partial charge in [0.05, 0.1) is 4.87 Å². The topological polar surface area (TPSA) is 40.6 Å². The first kappa shape index (κ1) is 15.3. The van der Waals surface area contributed by atoms with Crippen LogP contribution in [0.3, 0.4) is 0 Å². The molecule has 0 aromatic heterocycles.